The maximum Gasteiger partial charge on any atom is 0.311 e. The highest BCUT2D eigenvalue weighted by Gasteiger charge is 2.35. The summed E-state index contributed by atoms with van der Waals surface area (Å²) >= 11 is 0. The van der Waals surface area contributed by atoms with Crippen molar-refractivity contribution in [1.82, 2.24) is 10.3 Å². The molecule has 0 atom stereocenters. The zero-order valence-electron chi connectivity index (χ0n) is 12.3. The van der Waals surface area contributed by atoms with Crippen molar-refractivity contribution in [1.29, 1.82) is 0 Å². The summed E-state index contributed by atoms with van der Waals surface area (Å²) in [5, 5.41) is 13.0. The molecule has 0 saturated carbocycles. The van der Waals surface area contributed by atoms with Gasteiger partial charge in [-0.15, -0.1) is 0 Å². The van der Waals surface area contributed by atoms with Crippen LogP contribution in [0.15, 0.2) is 30.5 Å². The Morgan fingerprint density at radius 1 is 1.24 bits per heavy atom. The molecule has 0 bridgehead atoms. The van der Waals surface area contributed by atoms with E-state index in [2.05, 4.69) is 10.3 Å². The summed E-state index contributed by atoms with van der Waals surface area (Å²) in [6, 6.07) is 7.52. The Morgan fingerprint density at radius 2 is 1.90 bits per heavy atom. The summed E-state index contributed by atoms with van der Waals surface area (Å²) in [4.78, 5) is 26.8. The summed E-state index contributed by atoms with van der Waals surface area (Å²) in [5.74, 6) is -1.12. The van der Waals surface area contributed by atoms with Crippen LogP contribution in [0.5, 0.6) is 0 Å². The van der Waals surface area contributed by atoms with Gasteiger partial charge in [-0.05, 0) is 18.9 Å². The van der Waals surface area contributed by atoms with Crippen LogP contribution < -0.4 is 5.32 Å². The number of fused-ring (bicyclic) bond motifs is 1. The molecule has 1 aromatic carbocycles. The number of aliphatic carboxylic acids is 1. The summed E-state index contributed by atoms with van der Waals surface area (Å²) in [5.41, 5.74) is 0.525. The van der Waals surface area contributed by atoms with Crippen molar-refractivity contribution >= 4 is 22.8 Å². The van der Waals surface area contributed by atoms with E-state index in [0.29, 0.717) is 18.4 Å². The monoisotopic (exact) mass is 288 g/mol. The van der Waals surface area contributed by atoms with E-state index in [1.807, 2.05) is 38.1 Å². The van der Waals surface area contributed by atoms with Gasteiger partial charge in [0, 0.05) is 23.6 Å². The summed E-state index contributed by atoms with van der Waals surface area (Å²) < 4.78 is 0. The number of amides is 1. The summed E-state index contributed by atoms with van der Waals surface area (Å²) in [6.45, 7) is 3.79. The topological polar surface area (TPSA) is 82.2 Å². The number of aromatic amines is 1. The fourth-order valence-corrected chi connectivity index (χ4v) is 2.48. The van der Waals surface area contributed by atoms with Crippen molar-refractivity contribution in [3.05, 3.63) is 36.0 Å². The normalized spacial score (nSPS) is 11.5. The molecule has 5 nitrogen and oxygen atoms in total. The molecule has 0 fully saturated rings. The average Bonchev–Trinajstić information content (AvgIpc) is 2.92. The van der Waals surface area contributed by atoms with Crippen molar-refractivity contribution < 1.29 is 14.7 Å². The van der Waals surface area contributed by atoms with Crippen LogP contribution in [0.3, 0.4) is 0 Å². The van der Waals surface area contributed by atoms with Gasteiger partial charge in [0.1, 0.15) is 0 Å². The minimum absolute atomic E-state index is 0.133. The van der Waals surface area contributed by atoms with Crippen LogP contribution in [0.1, 0.15) is 37.0 Å². The number of nitrogens with one attached hydrogen (secondary N) is 2. The molecular weight excluding hydrogens is 268 g/mol. The SMILES string of the molecule is CCC(CC)(CNC(=O)c1c[nH]c2ccccc12)C(=O)O. The third kappa shape index (κ3) is 2.77. The number of hydrogen-bond acceptors (Lipinski definition) is 2. The fourth-order valence-electron chi connectivity index (χ4n) is 2.48. The molecule has 0 aliphatic heterocycles. The van der Waals surface area contributed by atoms with Gasteiger partial charge in [-0.1, -0.05) is 32.0 Å². The van der Waals surface area contributed by atoms with E-state index < -0.39 is 11.4 Å². The van der Waals surface area contributed by atoms with Crippen molar-refractivity contribution in [3.8, 4) is 0 Å². The molecule has 0 spiro atoms. The number of hydrogen-bond donors (Lipinski definition) is 3. The molecule has 2 rings (SSSR count). The predicted molar refractivity (Wildman–Crippen MR) is 81.3 cm³/mol. The Labute approximate surface area is 123 Å². The second-order valence-corrected chi connectivity index (χ2v) is 5.22. The molecule has 21 heavy (non-hydrogen) atoms. The minimum Gasteiger partial charge on any atom is -0.481 e. The molecule has 5 heteroatoms. The van der Waals surface area contributed by atoms with Crippen LogP contribution >= 0.6 is 0 Å². The molecule has 112 valence electrons. The highest BCUT2D eigenvalue weighted by Crippen LogP contribution is 2.26. The number of carbonyl (C=O) groups is 2. The van der Waals surface area contributed by atoms with Gasteiger partial charge in [0.2, 0.25) is 0 Å². The highest BCUT2D eigenvalue weighted by atomic mass is 16.4. The second kappa shape index (κ2) is 5.99. The van der Waals surface area contributed by atoms with E-state index in [1.165, 1.54) is 0 Å². The van der Waals surface area contributed by atoms with Crippen LogP contribution in [0.2, 0.25) is 0 Å². The van der Waals surface area contributed by atoms with Gasteiger partial charge >= 0.3 is 5.97 Å². The fraction of sp³-hybridized carbons (Fsp3) is 0.375. The number of carbonyl (C=O) groups excluding carboxylic acids is 1. The van der Waals surface area contributed by atoms with E-state index in [0.717, 1.165) is 10.9 Å². The smallest absolute Gasteiger partial charge is 0.311 e. The third-order valence-electron chi connectivity index (χ3n) is 4.23. The van der Waals surface area contributed by atoms with Crippen LogP contribution in [0.25, 0.3) is 10.9 Å². The highest BCUT2D eigenvalue weighted by molar-refractivity contribution is 6.06. The number of aromatic nitrogens is 1. The standard InChI is InChI=1S/C16H20N2O3/c1-3-16(4-2,15(20)21)10-18-14(19)12-9-17-13-8-6-5-7-11(12)13/h5-9,17H,3-4,10H2,1-2H3,(H,18,19)(H,20,21). The number of rotatable bonds is 6. The Morgan fingerprint density at radius 3 is 2.52 bits per heavy atom. The number of carboxylic acids is 1. The lowest BCUT2D eigenvalue weighted by Crippen LogP contribution is -2.42. The first-order chi connectivity index (χ1) is 10.0. The molecule has 1 amide bonds. The Balaban J connectivity index is 2.17. The Bertz CT molecular complexity index is 656. The summed E-state index contributed by atoms with van der Waals surface area (Å²) in [6.07, 6.45) is 2.61. The zero-order chi connectivity index (χ0) is 15.5. The number of para-hydroxylation sites is 1. The van der Waals surface area contributed by atoms with Crippen LogP contribution in [0.4, 0.5) is 0 Å². The number of H-pyrrole nitrogens is 1. The molecule has 2 aromatic rings. The van der Waals surface area contributed by atoms with Gasteiger partial charge in [-0.25, -0.2) is 0 Å². The van der Waals surface area contributed by atoms with Gasteiger partial charge in [-0.2, -0.15) is 0 Å². The first kappa shape index (κ1) is 15.1. The first-order valence-corrected chi connectivity index (χ1v) is 7.11. The zero-order valence-corrected chi connectivity index (χ0v) is 12.3. The quantitative estimate of drug-likeness (QED) is 0.764. The average molecular weight is 288 g/mol. The van der Waals surface area contributed by atoms with E-state index in [9.17, 15) is 14.7 Å². The molecule has 3 N–H and O–H groups in total. The van der Waals surface area contributed by atoms with Crippen molar-refractivity contribution in [3.63, 3.8) is 0 Å². The Hall–Kier alpha value is -2.30. The lowest BCUT2D eigenvalue weighted by atomic mass is 9.82. The van der Waals surface area contributed by atoms with Crippen molar-refractivity contribution in [2.24, 2.45) is 5.41 Å². The lowest BCUT2D eigenvalue weighted by Gasteiger charge is -2.26. The number of benzene rings is 1. The van der Waals surface area contributed by atoms with Crippen LogP contribution in [0, 0.1) is 5.41 Å². The maximum atomic E-state index is 12.3. The molecule has 0 saturated heterocycles. The molecular formula is C16H20N2O3. The van der Waals surface area contributed by atoms with Gasteiger partial charge in [0.05, 0.1) is 11.0 Å². The van der Waals surface area contributed by atoms with Gasteiger partial charge < -0.3 is 15.4 Å². The summed E-state index contributed by atoms with van der Waals surface area (Å²) in [7, 11) is 0. The second-order valence-electron chi connectivity index (χ2n) is 5.22. The first-order valence-electron chi connectivity index (χ1n) is 7.11. The van der Waals surface area contributed by atoms with E-state index in [4.69, 9.17) is 0 Å². The largest absolute Gasteiger partial charge is 0.481 e. The van der Waals surface area contributed by atoms with Gasteiger partial charge in [0.15, 0.2) is 0 Å². The van der Waals surface area contributed by atoms with E-state index >= 15 is 0 Å². The molecule has 1 aromatic heterocycles. The molecule has 1 heterocycles. The molecule has 0 unspecified atom stereocenters. The predicted octanol–water partition coefficient (Wildman–Crippen LogP) is 2.79. The number of carboxylic acid groups (broad SMARTS) is 1. The van der Waals surface area contributed by atoms with E-state index in [1.54, 1.807) is 6.20 Å². The third-order valence-corrected chi connectivity index (χ3v) is 4.23. The van der Waals surface area contributed by atoms with Gasteiger partial charge in [0.25, 0.3) is 5.91 Å². The lowest BCUT2D eigenvalue weighted by molar-refractivity contribution is -0.149. The van der Waals surface area contributed by atoms with Crippen molar-refractivity contribution in [2.45, 2.75) is 26.7 Å². The molecule has 0 radical (unpaired) electrons. The maximum absolute atomic E-state index is 12.3. The van der Waals surface area contributed by atoms with E-state index in [-0.39, 0.29) is 12.5 Å². The van der Waals surface area contributed by atoms with Gasteiger partial charge in [-0.3, -0.25) is 9.59 Å². The van der Waals surface area contributed by atoms with Crippen LogP contribution in [-0.4, -0.2) is 28.5 Å². The minimum atomic E-state index is -0.901. The molecule has 0 aliphatic rings. The molecule has 0 aliphatic carbocycles. The van der Waals surface area contributed by atoms with Crippen LogP contribution in [-0.2, 0) is 4.79 Å². The van der Waals surface area contributed by atoms with Crippen molar-refractivity contribution in [2.75, 3.05) is 6.54 Å². The Kier molecular flexibility index (Phi) is 4.31.